The molecule has 0 atom stereocenters. The smallest absolute Gasteiger partial charge is 0.493 e. The molecular formula is C20H28BN3O5. The number of hydrogen-bond donors (Lipinski definition) is 1. The molecule has 2 heterocycles. The zero-order valence-corrected chi connectivity index (χ0v) is 17.4. The lowest BCUT2D eigenvalue weighted by molar-refractivity contribution is 0.00578. The number of nitrogens with two attached hydrogens (primary N) is 1. The summed E-state index contributed by atoms with van der Waals surface area (Å²) in [5, 5.41) is 4.44. The van der Waals surface area contributed by atoms with E-state index in [4.69, 9.17) is 19.8 Å². The van der Waals surface area contributed by atoms with E-state index in [1.54, 1.807) is 6.20 Å². The molecule has 1 fully saturated rings. The van der Waals surface area contributed by atoms with Gasteiger partial charge in [0.15, 0.2) is 0 Å². The number of nitrogens with zero attached hydrogens (tertiary/aromatic N) is 2. The number of rotatable bonds is 8. The van der Waals surface area contributed by atoms with Crippen molar-refractivity contribution in [2.24, 2.45) is 5.73 Å². The van der Waals surface area contributed by atoms with Gasteiger partial charge in [0.25, 0.3) is 0 Å². The lowest BCUT2D eigenvalue weighted by atomic mass is 9.82. The van der Waals surface area contributed by atoms with Crippen LogP contribution in [0.1, 0.15) is 39.7 Å². The van der Waals surface area contributed by atoms with Crippen molar-refractivity contribution >= 4 is 18.7 Å². The quantitative estimate of drug-likeness (QED) is 0.538. The molecule has 3 rings (SSSR count). The fourth-order valence-corrected chi connectivity index (χ4v) is 2.91. The molecule has 2 aromatic rings. The fraction of sp³-hybridized carbons (Fsp3) is 0.500. The molecule has 1 aliphatic rings. The number of primary amides is 1. The van der Waals surface area contributed by atoms with E-state index in [2.05, 4.69) is 9.84 Å². The minimum Gasteiger partial charge on any atom is -0.493 e. The molecular weight excluding hydrogens is 373 g/mol. The lowest BCUT2D eigenvalue weighted by Gasteiger charge is -2.32. The predicted octanol–water partition coefficient (Wildman–Crippen LogP) is 2.09. The molecule has 1 saturated heterocycles. The summed E-state index contributed by atoms with van der Waals surface area (Å²) < 4.78 is 24.4. The van der Waals surface area contributed by atoms with E-state index < -0.39 is 13.2 Å². The van der Waals surface area contributed by atoms with Gasteiger partial charge in [-0.3, -0.25) is 4.68 Å². The van der Waals surface area contributed by atoms with Crippen molar-refractivity contribution in [3.05, 3.63) is 42.2 Å². The summed E-state index contributed by atoms with van der Waals surface area (Å²) >= 11 is 0. The van der Waals surface area contributed by atoms with Gasteiger partial charge in [-0.1, -0.05) is 12.1 Å². The second kappa shape index (κ2) is 8.46. The standard InChI is InChI=1S/C20H28BN3O5/c1-19(2)20(3,4)29-21(28-19)16-12-23-24(14-16)13-15-7-5-8-17(11-15)26-9-6-10-27-18(22)25/h5,7-8,11-12,14H,6,9-10,13H2,1-4H3,(H2,22,25). The Morgan fingerprint density at radius 3 is 2.62 bits per heavy atom. The molecule has 0 spiro atoms. The molecule has 1 aromatic carbocycles. The average Bonchev–Trinajstić information content (AvgIpc) is 3.17. The van der Waals surface area contributed by atoms with Crippen molar-refractivity contribution in [3.63, 3.8) is 0 Å². The second-order valence-corrected chi connectivity index (χ2v) is 8.08. The monoisotopic (exact) mass is 401 g/mol. The number of carbonyl (C=O) groups excluding carboxylic acids is 1. The second-order valence-electron chi connectivity index (χ2n) is 8.08. The first-order valence-corrected chi connectivity index (χ1v) is 9.68. The molecule has 0 bridgehead atoms. The Hall–Kier alpha value is -2.52. The van der Waals surface area contributed by atoms with Crippen molar-refractivity contribution in [2.75, 3.05) is 13.2 Å². The number of aromatic nitrogens is 2. The van der Waals surface area contributed by atoms with Gasteiger partial charge in [0.05, 0.1) is 31.0 Å². The Bertz CT molecular complexity index is 836. The molecule has 1 aromatic heterocycles. The van der Waals surface area contributed by atoms with Crippen molar-refractivity contribution in [1.82, 2.24) is 9.78 Å². The first kappa shape index (κ1) is 21.2. The van der Waals surface area contributed by atoms with Crippen LogP contribution in [0, 0.1) is 0 Å². The van der Waals surface area contributed by atoms with Crippen LogP contribution in [-0.4, -0.2) is 47.4 Å². The van der Waals surface area contributed by atoms with Gasteiger partial charge in [-0.15, -0.1) is 0 Å². The molecule has 0 saturated carbocycles. The van der Waals surface area contributed by atoms with E-state index in [0.717, 1.165) is 16.8 Å². The Labute approximate surface area is 171 Å². The zero-order chi connectivity index (χ0) is 21.1. The van der Waals surface area contributed by atoms with Crippen LogP contribution in [0.2, 0.25) is 0 Å². The van der Waals surface area contributed by atoms with Crippen molar-refractivity contribution < 1.29 is 23.6 Å². The normalized spacial score (nSPS) is 17.3. The molecule has 1 aliphatic heterocycles. The third-order valence-electron chi connectivity index (χ3n) is 5.22. The van der Waals surface area contributed by atoms with Gasteiger partial charge in [0.2, 0.25) is 0 Å². The first-order chi connectivity index (χ1) is 13.7. The third kappa shape index (κ3) is 5.30. The highest BCUT2D eigenvalue weighted by molar-refractivity contribution is 6.62. The van der Waals surface area contributed by atoms with Gasteiger partial charge in [-0.2, -0.15) is 5.10 Å². The van der Waals surface area contributed by atoms with Crippen LogP contribution in [0.5, 0.6) is 5.75 Å². The van der Waals surface area contributed by atoms with Crippen molar-refractivity contribution in [2.45, 2.75) is 51.9 Å². The maximum atomic E-state index is 10.5. The Morgan fingerprint density at radius 1 is 1.21 bits per heavy atom. The summed E-state index contributed by atoms with van der Waals surface area (Å²) in [4.78, 5) is 10.5. The van der Waals surface area contributed by atoms with E-state index >= 15 is 0 Å². The largest absolute Gasteiger partial charge is 0.498 e. The summed E-state index contributed by atoms with van der Waals surface area (Å²) in [6.45, 7) is 9.40. The molecule has 8 nitrogen and oxygen atoms in total. The number of carbonyl (C=O) groups is 1. The molecule has 9 heteroatoms. The summed E-state index contributed by atoms with van der Waals surface area (Å²) in [5.41, 5.74) is 6.11. The van der Waals surface area contributed by atoms with Gasteiger partial charge in [-0.25, -0.2) is 4.79 Å². The van der Waals surface area contributed by atoms with Gasteiger partial charge < -0.3 is 24.5 Å². The summed E-state index contributed by atoms with van der Waals surface area (Å²) in [5.74, 6) is 0.750. The molecule has 0 radical (unpaired) electrons. The van der Waals surface area contributed by atoms with E-state index in [1.807, 2.05) is 62.8 Å². The first-order valence-electron chi connectivity index (χ1n) is 9.68. The highest BCUT2D eigenvalue weighted by Gasteiger charge is 2.52. The van der Waals surface area contributed by atoms with Gasteiger partial charge in [0.1, 0.15) is 5.75 Å². The number of hydrogen-bond acceptors (Lipinski definition) is 6. The minimum atomic E-state index is -0.772. The molecule has 0 unspecified atom stereocenters. The van der Waals surface area contributed by atoms with Crippen LogP contribution in [-0.2, 0) is 20.6 Å². The van der Waals surface area contributed by atoms with Crippen LogP contribution in [0.4, 0.5) is 4.79 Å². The van der Waals surface area contributed by atoms with Crippen molar-refractivity contribution in [1.29, 1.82) is 0 Å². The zero-order valence-electron chi connectivity index (χ0n) is 17.4. The molecule has 1 amide bonds. The van der Waals surface area contributed by atoms with E-state index in [9.17, 15) is 4.79 Å². The Morgan fingerprint density at radius 2 is 1.93 bits per heavy atom. The average molecular weight is 401 g/mol. The molecule has 2 N–H and O–H groups in total. The number of benzene rings is 1. The Kier molecular flexibility index (Phi) is 6.19. The van der Waals surface area contributed by atoms with Crippen LogP contribution in [0.25, 0.3) is 0 Å². The minimum absolute atomic E-state index is 0.240. The molecule has 156 valence electrons. The van der Waals surface area contributed by atoms with Crippen molar-refractivity contribution in [3.8, 4) is 5.75 Å². The maximum absolute atomic E-state index is 10.5. The highest BCUT2D eigenvalue weighted by atomic mass is 16.7. The molecule has 29 heavy (non-hydrogen) atoms. The lowest BCUT2D eigenvalue weighted by Crippen LogP contribution is -2.41. The van der Waals surface area contributed by atoms with E-state index in [0.29, 0.717) is 19.6 Å². The number of amides is 1. The third-order valence-corrected chi connectivity index (χ3v) is 5.22. The van der Waals surface area contributed by atoms with Gasteiger partial charge in [0, 0.05) is 24.3 Å². The highest BCUT2D eigenvalue weighted by Crippen LogP contribution is 2.36. The van der Waals surface area contributed by atoms with Gasteiger partial charge >= 0.3 is 13.2 Å². The number of ether oxygens (including phenoxy) is 2. The summed E-state index contributed by atoms with van der Waals surface area (Å²) in [6, 6.07) is 7.80. The SMILES string of the molecule is CC1(C)OB(c2cnn(Cc3cccc(OCCCOC(N)=O)c3)c2)OC1(C)C. The van der Waals surface area contributed by atoms with Gasteiger partial charge in [-0.05, 0) is 45.4 Å². The van der Waals surface area contributed by atoms with E-state index in [1.165, 1.54) is 0 Å². The summed E-state index contributed by atoms with van der Waals surface area (Å²) in [6.07, 6.45) is 3.52. The van der Waals surface area contributed by atoms with Crippen LogP contribution in [0.15, 0.2) is 36.7 Å². The van der Waals surface area contributed by atoms with E-state index in [-0.39, 0.29) is 17.8 Å². The Balaban J connectivity index is 1.56. The maximum Gasteiger partial charge on any atom is 0.498 e. The van der Waals surface area contributed by atoms with Crippen LogP contribution < -0.4 is 15.9 Å². The molecule has 0 aliphatic carbocycles. The predicted molar refractivity (Wildman–Crippen MR) is 109 cm³/mol. The summed E-state index contributed by atoms with van der Waals surface area (Å²) in [7, 11) is -0.425. The van der Waals surface area contributed by atoms with Crippen LogP contribution >= 0.6 is 0 Å². The fourth-order valence-electron chi connectivity index (χ4n) is 2.91. The van der Waals surface area contributed by atoms with Crippen LogP contribution in [0.3, 0.4) is 0 Å². The topological polar surface area (TPSA) is 97.8 Å².